The van der Waals surface area contributed by atoms with Gasteiger partial charge in [-0.1, -0.05) is 0 Å². The summed E-state index contributed by atoms with van der Waals surface area (Å²) in [6.07, 6.45) is 0. The van der Waals surface area contributed by atoms with E-state index >= 15 is 0 Å². The van der Waals surface area contributed by atoms with Crippen molar-refractivity contribution in [3.8, 4) is 21.4 Å². The number of hydrogen-bond donors (Lipinski definition) is 0. The molecule has 0 saturated carbocycles. The maximum atomic E-state index is 5.67. The summed E-state index contributed by atoms with van der Waals surface area (Å²) in [7, 11) is 7.62. The van der Waals surface area contributed by atoms with E-state index in [0.29, 0.717) is 0 Å². The van der Waals surface area contributed by atoms with Crippen LogP contribution in [0.2, 0.25) is 0 Å². The van der Waals surface area contributed by atoms with E-state index in [9.17, 15) is 0 Å². The van der Waals surface area contributed by atoms with Crippen molar-refractivity contribution in [3.05, 3.63) is 31.1 Å². The second-order valence-corrected chi connectivity index (χ2v) is 17.5. The molecule has 0 aromatic heterocycles. The van der Waals surface area contributed by atoms with Gasteiger partial charge >= 0.3 is 203 Å². The first-order valence-corrected chi connectivity index (χ1v) is 21.6. The molecule has 28 heavy (non-hydrogen) atoms. The standard InChI is InChI=1S/C14H12N6S4Se4/c1-5-7(21)11(19(3)13-9(5)23-25-15-13)17-27-28-18-12-8(22)6(2)10-14(20(12)4)16-26-24-10/h1-4H3/b17-11+,18-12+. The van der Waals surface area contributed by atoms with Gasteiger partial charge in [-0.2, -0.15) is 0 Å². The van der Waals surface area contributed by atoms with Gasteiger partial charge in [0.1, 0.15) is 0 Å². The van der Waals surface area contributed by atoms with Gasteiger partial charge in [0.25, 0.3) is 0 Å². The van der Waals surface area contributed by atoms with Gasteiger partial charge in [0.2, 0.25) is 0 Å². The van der Waals surface area contributed by atoms with E-state index < -0.39 is 0 Å². The van der Waals surface area contributed by atoms with Crippen LogP contribution in [0.4, 0.5) is 0 Å². The Morgan fingerprint density at radius 2 is 1.21 bits per heavy atom. The van der Waals surface area contributed by atoms with E-state index in [4.69, 9.17) is 32.5 Å². The summed E-state index contributed by atoms with van der Waals surface area (Å²) in [5.41, 5.74) is 3.97. The summed E-state index contributed by atoms with van der Waals surface area (Å²) >= 11 is 11.7. The molecule has 14 heteroatoms. The molecular formula is C14H12N6S4Se4. The molecule has 0 saturated heterocycles. The zero-order valence-corrected chi connectivity index (χ0v) is 25.1. The van der Waals surface area contributed by atoms with Crippen molar-refractivity contribution < 1.29 is 0 Å². The quantitative estimate of drug-likeness (QED) is 0.183. The molecule has 4 heterocycles. The van der Waals surface area contributed by atoms with Gasteiger partial charge < -0.3 is 0 Å². The molecule has 0 N–H and O–H groups in total. The molecule has 146 valence electrons. The number of hydrogen-bond acceptors (Lipinski definition) is 8. The third kappa shape index (κ3) is 3.77. The second-order valence-electron chi connectivity index (χ2n) is 5.81. The van der Waals surface area contributed by atoms with Gasteiger partial charge in [0.15, 0.2) is 0 Å². The molecule has 0 bridgehead atoms. The summed E-state index contributed by atoms with van der Waals surface area (Å²) < 4.78 is 24.7. The van der Waals surface area contributed by atoms with E-state index in [2.05, 4.69) is 21.8 Å². The van der Waals surface area contributed by atoms with Gasteiger partial charge in [-0.25, -0.2) is 0 Å². The van der Waals surface area contributed by atoms with Crippen molar-refractivity contribution in [1.29, 1.82) is 0 Å². The number of pyridine rings is 2. The van der Waals surface area contributed by atoms with Gasteiger partial charge in [0, 0.05) is 0 Å². The summed E-state index contributed by atoms with van der Waals surface area (Å²) in [5, 5.41) is 0. The van der Waals surface area contributed by atoms with E-state index in [1.165, 1.54) is 9.75 Å². The molecule has 0 unspecified atom stereocenters. The fraction of sp³-hybridized carbons (Fsp3) is 0.286. The topological polar surface area (TPSA) is 60.4 Å². The monoisotopic (exact) mass is 712 g/mol. The summed E-state index contributed by atoms with van der Waals surface area (Å²) in [6, 6.07) is 0. The van der Waals surface area contributed by atoms with Gasteiger partial charge in [0.05, 0.1) is 0 Å². The number of rotatable bonds is 3. The summed E-state index contributed by atoms with van der Waals surface area (Å²) in [5.74, 6) is 2.04. The van der Waals surface area contributed by atoms with Crippen LogP contribution in [0.3, 0.4) is 0 Å². The van der Waals surface area contributed by atoms with Crippen molar-refractivity contribution in [2.75, 3.05) is 0 Å². The number of nitrogens with zero attached hydrogens (tertiary/aromatic N) is 6. The molecule has 6 nitrogen and oxygen atoms in total. The van der Waals surface area contributed by atoms with Crippen LogP contribution in [0.25, 0.3) is 21.4 Å². The first kappa shape index (κ1) is 21.7. The fourth-order valence-electron chi connectivity index (χ4n) is 2.58. The Kier molecular flexibility index (Phi) is 6.90. The van der Waals surface area contributed by atoms with Gasteiger partial charge in [-0.3, -0.25) is 0 Å². The maximum absolute atomic E-state index is 5.67. The zero-order valence-electron chi connectivity index (χ0n) is 14.9. The van der Waals surface area contributed by atoms with Crippen molar-refractivity contribution in [3.63, 3.8) is 0 Å². The first-order valence-electron chi connectivity index (χ1n) is 7.73. The predicted octanol–water partition coefficient (Wildman–Crippen LogP) is 1.33. The average Bonchev–Trinajstić information content (AvgIpc) is 3.36. The Bertz CT molecular complexity index is 1260. The Morgan fingerprint density at radius 1 is 0.821 bits per heavy atom. The van der Waals surface area contributed by atoms with E-state index in [0.717, 1.165) is 42.8 Å². The summed E-state index contributed by atoms with van der Waals surface area (Å²) in [6.45, 7) is 4.15. The van der Waals surface area contributed by atoms with Crippen LogP contribution in [0.15, 0.2) is 8.02 Å². The summed E-state index contributed by atoms with van der Waals surface area (Å²) in [4.78, 5) is 2.43. The number of fused-ring (bicyclic) bond motifs is 2. The van der Waals surface area contributed by atoms with Crippen molar-refractivity contribution in [2.24, 2.45) is 22.1 Å². The normalized spacial score (nSPS) is 13.3. The zero-order chi connectivity index (χ0) is 20.0. The van der Waals surface area contributed by atoms with Gasteiger partial charge in [-0.05, 0) is 0 Å². The minimum absolute atomic E-state index is 0.00654. The van der Waals surface area contributed by atoms with Crippen LogP contribution in [0.5, 0.6) is 0 Å². The predicted molar refractivity (Wildman–Crippen MR) is 123 cm³/mol. The third-order valence-corrected chi connectivity index (χ3v) is 15.0. The Morgan fingerprint density at radius 3 is 1.61 bits per heavy atom. The molecule has 0 radical (unpaired) electrons. The molecule has 0 amide bonds. The third-order valence-electron chi connectivity index (χ3n) is 4.22. The van der Waals surface area contributed by atoms with Crippen LogP contribution >= 0.6 is 43.9 Å². The molecule has 0 spiro atoms. The minimum atomic E-state index is -0.00654. The second kappa shape index (κ2) is 8.91. The average molecular weight is 708 g/mol. The number of aromatic nitrogens is 4. The van der Waals surface area contributed by atoms with E-state index in [1.807, 2.05) is 23.2 Å². The molecule has 4 aliphatic heterocycles. The fourth-order valence-corrected chi connectivity index (χ4v) is 14.4. The molecule has 0 atom stereocenters. The van der Waals surface area contributed by atoms with E-state index in [1.54, 1.807) is 19.4 Å². The van der Waals surface area contributed by atoms with Crippen LogP contribution in [-0.4, -0.2) is 70.9 Å². The molecule has 0 aliphatic carbocycles. The molecular weight excluding hydrogens is 696 g/mol. The van der Waals surface area contributed by atoms with Crippen molar-refractivity contribution in [2.45, 2.75) is 13.8 Å². The molecule has 0 aromatic rings. The first-order chi connectivity index (χ1) is 13.4. The van der Waals surface area contributed by atoms with E-state index in [-0.39, 0.29) is 53.9 Å². The Balaban J connectivity index is 1.74. The molecule has 4 rings (SSSR count). The van der Waals surface area contributed by atoms with Crippen LogP contribution < -0.4 is 11.0 Å². The van der Waals surface area contributed by atoms with Crippen molar-refractivity contribution in [1.82, 2.24) is 17.1 Å². The van der Waals surface area contributed by atoms with Gasteiger partial charge in [-0.15, -0.1) is 0 Å². The Labute approximate surface area is 201 Å². The molecule has 0 aromatic carbocycles. The van der Waals surface area contributed by atoms with Crippen LogP contribution in [0, 0.1) is 22.9 Å². The van der Waals surface area contributed by atoms with Crippen molar-refractivity contribution >= 4 is 97.7 Å². The Hall–Kier alpha value is 0.458. The van der Waals surface area contributed by atoms with Crippen LogP contribution in [-0.2, 0) is 14.1 Å². The molecule has 0 fully saturated rings. The SMILES string of the molecule is Cc1c2s[se]nc-2n(C)/c(=N/[Se][Se]/N=c2\c(=S)c(C)c3s[se]nc-3n2C)c1=S. The van der Waals surface area contributed by atoms with Crippen LogP contribution in [0.1, 0.15) is 11.1 Å². The molecule has 4 aliphatic rings.